The second kappa shape index (κ2) is 18.5. The molecule has 0 amide bonds. The van der Waals surface area contributed by atoms with Gasteiger partial charge in [0.25, 0.3) is 0 Å². The van der Waals surface area contributed by atoms with Gasteiger partial charge in [-0.1, -0.05) is 109 Å². The van der Waals surface area contributed by atoms with Crippen molar-refractivity contribution >= 4 is 11.9 Å². The first kappa shape index (κ1) is 38.3. The van der Waals surface area contributed by atoms with Crippen molar-refractivity contribution in [2.45, 2.75) is 102 Å². The van der Waals surface area contributed by atoms with Crippen molar-refractivity contribution in [2.75, 3.05) is 0 Å². The van der Waals surface area contributed by atoms with E-state index in [1.54, 1.807) is 37.3 Å². The maximum Gasteiger partial charge on any atom is 0.338 e. The maximum atomic E-state index is 13.8. The molecule has 2 saturated heterocycles. The molecule has 2 fully saturated rings. The van der Waals surface area contributed by atoms with Crippen LogP contribution in [0.15, 0.2) is 121 Å². The lowest BCUT2D eigenvalue weighted by Crippen LogP contribution is -2.65. The summed E-state index contributed by atoms with van der Waals surface area (Å²) in [4.78, 5) is 26.2. The molecule has 0 radical (unpaired) electrons. The van der Waals surface area contributed by atoms with Gasteiger partial charge in [-0.2, -0.15) is 0 Å². The zero-order valence-electron chi connectivity index (χ0n) is 30.0. The van der Waals surface area contributed by atoms with Crippen LogP contribution < -0.4 is 0 Å². The Labute approximate surface area is 309 Å². The van der Waals surface area contributed by atoms with E-state index in [1.165, 1.54) is 6.92 Å². The van der Waals surface area contributed by atoms with Crippen LogP contribution in [-0.4, -0.2) is 78.5 Å². The summed E-state index contributed by atoms with van der Waals surface area (Å²) in [6.45, 7) is 5.37. The van der Waals surface area contributed by atoms with Crippen LogP contribution >= 0.6 is 0 Å². The number of hydrogen-bond acceptors (Lipinski definition) is 11. The van der Waals surface area contributed by atoms with E-state index in [-0.39, 0.29) is 19.8 Å². The van der Waals surface area contributed by atoms with Crippen LogP contribution in [0, 0.1) is 0 Å². The smallest absolute Gasteiger partial charge is 0.338 e. The molecule has 0 unspecified atom stereocenters. The lowest BCUT2D eigenvalue weighted by molar-refractivity contribution is -0.359. The largest absolute Gasteiger partial charge is 0.454 e. The minimum Gasteiger partial charge on any atom is -0.454 e. The summed E-state index contributed by atoms with van der Waals surface area (Å²) in [7, 11) is 0. The summed E-state index contributed by atoms with van der Waals surface area (Å²) in [5.74, 6) is -1.29. The third-order valence-electron chi connectivity index (χ3n) is 9.17. The molecule has 11 nitrogen and oxygen atoms in total. The zero-order valence-corrected chi connectivity index (χ0v) is 30.0. The zero-order chi connectivity index (χ0) is 37.2. The van der Waals surface area contributed by atoms with Crippen LogP contribution in [-0.2, 0) is 62.5 Å². The standard InChI is InChI=1S/C42H46O11/c1-27-35(47-25-31-18-10-5-11-19-31)37(38(41(45)49-27)51-29(3)43)53-42-39(52-40(44)33-22-14-7-15-23-33)36(48-26-32-20-12-6-13-21-32)34(28(2)50-42)46-24-30-16-8-4-9-17-30/h4-23,27-28,34-39,41-42,45H,24-26H2,1-3H3/t27-,28-,34-,35-,36+,37+,38+,39+,41+,42-/m0/s1. The number of carbonyl (C=O) groups excluding carboxylic acids is 2. The molecule has 53 heavy (non-hydrogen) atoms. The third kappa shape index (κ3) is 10.2. The molecule has 0 aliphatic carbocycles. The van der Waals surface area contributed by atoms with Gasteiger partial charge in [0.1, 0.15) is 24.4 Å². The van der Waals surface area contributed by atoms with Gasteiger partial charge in [-0.3, -0.25) is 4.79 Å². The van der Waals surface area contributed by atoms with Crippen LogP contribution in [0.2, 0.25) is 0 Å². The fourth-order valence-corrected chi connectivity index (χ4v) is 6.54. The predicted molar refractivity (Wildman–Crippen MR) is 192 cm³/mol. The molecular formula is C42H46O11. The minimum absolute atomic E-state index is 0.168. The van der Waals surface area contributed by atoms with Crippen molar-refractivity contribution < 1.29 is 52.6 Å². The van der Waals surface area contributed by atoms with Crippen LogP contribution in [0.1, 0.15) is 47.8 Å². The average molecular weight is 727 g/mol. The van der Waals surface area contributed by atoms with E-state index in [9.17, 15) is 14.7 Å². The predicted octanol–water partition coefficient (Wildman–Crippen LogP) is 5.77. The first-order chi connectivity index (χ1) is 25.8. The fraction of sp³-hybridized carbons (Fsp3) is 0.381. The van der Waals surface area contributed by atoms with Gasteiger partial charge in [-0.25, -0.2) is 4.79 Å². The van der Waals surface area contributed by atoms with Crippen LogP contribution in [0.5, 0.6) is 0 Å². The molecule has 0 bridgehead atoms. The Kier molecular flexibility index (Phi) is 13.4. The monoisotopic (exact) mass is 726 g/mol. The number of esters is 2. The summed E-state index contributed by atoms with van der Waals surface area (Å²) in [5, 5.41) is 11.1. The molecule has 2 aliphatic heterocycles. The van der Waals surface area contributed by atoms with Gasteiger partial charge < -0.3 is 43.0 Å². The molecule has 0 spiro atoms. The highest BCUT2D eigenvalue weighted by Gasteiger charge is 2.54. The molecule has 0 aromatic heterocycles. The van der Waals surface area contributed by atoms with E-state index < -0.39 is 73.4 Å². The Bertz CT molecular complexity index is 1710. The molecule has 1 N–H and O–H groups in total. The van der Waals surface area contributed by atoms with Gasteiger partial charge in [0.05, 0.1) is 37.6 Å². The van der Waals surface area contributed by atoms with Crippen LogP contribution in [0.25, 0.3) is 0 Å². The van der Waals surface area contributed by atoms with E-state index in [1.807, 2.05) is 97.9 Å². The van der Waals surface area contributed by atoms with Gasteiger partial charge >= 0.3 is 11.9 Å². The number of aliphatic hydroxyl groups excluding tert-OH is 1. The summed E-state index contributed by atoms with van der Waals surface area (Å²) >= 11 is 0. The molecule has 11 heteroatoms. The highest BCUT2D eigenvalue weighted by atomic mass is 16.7. The maximum absolute atomic E-state index is 13.8. The molecule has 280 valence electrons. The molecule has 2 heterocycles. The number of benzene rings is 4. The van der Waals surface area contributed by atoms with Crippen molar-refractivity contribution in [3.8, 4) is 0 Å². The molecular weight excluding hydrogens is 680 g/mol. The number of carbonyl (C=O) groups is 2. The number of hydrogen-bond donors (Lipinski definition) is 1. The summed E-state index contributed by atoms with van der Waals surface area (Å²) in [5.41, 5.74) is 3.03. The molecule has 4 aromatic carbocycles. The summed E-state index contributed by atoms with van der Waals surface area (Å²) in [6.07, 6.45) is -10.3. The molecule has 2 aliphatic rings. The van der Waals surface area contributed by atoms with Gasteiger partial charge in [-0.05, 0) is 42.7 Å². The van der Waals surface area contributed by atoms with E-state index in [0.717, 1.165) is 16.7 Å². The van der Waals surface area contributed by atoms with Gasteiger partial charge in [-0.15, -0.1) is 0 Å². The number of rotatable bonds is 14. The number of ether oxygens (including phenoxy) is 8. The molecule has 0 saturated carbocycles. The molecule has 10 atom stereocenters. The summed E-state index contributed by atoms with van der Waals surface area (Å²) in [6, 6.07) is 37.4. The average Bonchev–Trinajstić information content (AvgIpc) is 3.17. The lowest BCUT2D eigenvalue weighted by atomic mass is 9.96. The van der Waals surface area contributed by atoms with Crippen molar-refractivity contribution in [3.63, 3.8) is 0 Å². The minimum atomic E-state index is -1.55. The summed E-state index contributed by atoms with van der Waals surface area (Å²) < 4.78 is 50.4. The van der Waals surface area contributed by atoms with Crippen molar-refractivity contribution in [1.82, 2.24) is 0 Å². The van der Waals surface area contributed by atoms with Crippen molar-refractivity contribution in [1.29, 1.82) is 0 Å². The second-order valence-corrected chi connectivity index (χ2v) is 13.1. The van der Waals surface area contributed by atoms with Gasteiger partial charge in [0.15, 0.2) is 24.8 Å². The quantitative estimate of drug-likeness (QED) is 0.159. The van der Waals surface area contributed by atoms with Crippen LogP contribution in [0.3, 0.4) is 0 Å². The highest BCUT2D eigenvalue weighted by molar-refractivity contribution is 5.89. The Morgan fingerprint density at radius 3 is 1.47 bits per heavy atom. The number of aliphatic hydroxyl groups is 1. The second-order valence-electron chi connectivity index (χ2n) is 13.1. The Balaban J connectivity index is 1.35. The molecule has 6 rings (SSSR count). The lowest BCUT2D eigenvalue weighted by Gasteiger charge is -2.48. The van der Waals surface area contributed by atoms with E-state index >= 15 is 0 Å². The Morgan fingerprint density at radius 2 is 0.981 bits per heavy atom. The van der Waals surface area contributed by atoms with Crippen molar-refractivity contribution in [3.05, 3.63) is 144 Å². The third-order valence-corrected chi connectivity index (χ3v) is 9.17. The fourth-order valence-electron chi connectivity index (χ4n) is 6.54. The van der Waals surface area contributed by atoms with Gasteiger partial charge in [0, 0.05) is 6.92 Å². The first-order valence-corrected chi connectivity index (χ1v) is 17.8. The van der Waals surface area contributed by atoms with Crippen molar-refractivity contribution in [2.24, 2.45) is 0 Å². The first-order valence-electron chi connectivity index (χ1n) is 17.8. The van der Waals surface area contributed by atoms with E-state index in [2.05, 4.69) is 0 Å². The Hall–Kier alpha value is -4.46. The van der Waals surface area contributed by atoms with Gasteiger partial charge in [0.2, 0.25) is 0 Å². The highest BCUT2D eigenvalue weighted by Crippen LogP contribution is 2.35. The Morgan fingerprint density at radius 1 is 0.547 bits per heavy atom. The SMILES string of the molecule is CC(=O)O[C@@H]1[C@H](O[C@@H]2O[C@@H](C)[C@H](OCc3ccccc3)[C@@H](OCc3ccccc3)[C@H]2OC(=O)c2ccccc2)[C@@H](OCc2ccccc2)[C@H](C)O[C@H]1O. The van der Waals surface area contributed by atoms with E-state index in [4.69, 9.17) is 37.9 Å². The van der Waals surface area contributed by atoms with Crippen LogP contribution in [0.4, 0.5) is 0 Å². The molecule has 4 aromatic rings. The normalized spacial score (nSPS) is 28.5. The topological polar surface area (TPSA) is 128 Å². The van der Waals surface area contributed by atoms with E-state index in [0.29, 0.717) is 5.56 Å².